The summed E-state index contributed by atoms with van der Waals surface area (Å²) in [4.78, 5) is 20.8. The zero-order valence-electron chi connectivity index (χ0n) is 10.8. The van der Waals surface area contributed by atoms with Gasteiger partial charge in [-0.05, 0) is 17.9 Å². The third-order valence-corrected chi connectivity index (χ3v) is 3.63. The van der Waals surface area contributed by atoms with Crippen molar-refractivity contribution in [2.75, 3.05) is 12.4 Å². The number of methoxy groups -OCH3 is 1. The van der Waals surface area contributed by atoms with Gasteiger partial charge in [0.25, 0.3) is 0 Å². The monoisotopic (exact) mass is 277 g/mol. The highest BCUT2D eigenvalue weighted by molar-refractivity contribution is 7.10. The van der Waals surface area contributed by atoms with Crippen molar-refractivity contribution in [1.82, 2.24) is 9.97 Å². The maximum absolute atomic E-state index is 11.4. The summed E-state index contributed by atoms with van der Waals surface area (Å²) in [5.41, 5.74) is 0.202. The Balaban J connectivity index is 2.16. The Labute approximate surface area is 115 Å². The molecular formula is C13H15N3O2S. The van der Waals surface area contributed by atoms with Crippen LogP contribution in [0.25, 0.3) is 0 Å². The van der Waals surface area contributed by atoms with E-state index in [1.165, 1.54) is 18.2 Å². The Morgan fingerprint density at radius 3 is 3.00 bits per heavy atom. The Morgan fingerprint density at radius 1 is 1.53 bits per heavy atom. The first-order valence-electron chi connectivity index (χ1n) is 5.95. The van der Waals surface area contributed by atoms with E-state index < -0.39 is 5.97 Å². The highest BCUT2D eigenvalue weighted by atomic mass is 32.1. The Bertz CT molecular complexity index is 543. The van der Waals surface area contributed by atoms with Gasteiger partial charge < -0.3 is 10.1 Å². The van der Waals surface area contributed by atoms with Gasteiger partial charge in [0.2, 0.25) is 0 Å². The molecule has 0 saturated carbocycles. The normalized spacial score (nSPS) is 11.9. The molecule has 0 aliphatic carbocycles. The predicted octanol–water partition coefficient (Wildman–Crippen LogP) is 2.89. The molecule has 0 aliphatic rings. The van der Waals surface area contributed by atoms with Crippen LogP contribution in [0.5, 0.6) is 0 Å². The number of hydrogen-bond acceptors (Lipinski definition) is 6. The average Bonchev–Trinajstić information content (AvgIpc) is 2.98. The predicted molar refractivity (Wildman–Crippen MR) is 74.3 cm³/mol. The molecule has 19 heavy (non-hydrogen) atoms. The fraction of sp³-hybridized carbons (Fsp3) is 0.308. The minimum absolute atomic E-state index is 0.169. The summed E-state index contributed by atoms with van der Waals surface area (Å²) in [5.74, 6) is 0.0865. The highest BCUT2D eigenvalue weighted by Gasteiger charge is 2.13. The molecule has 5 nitrogen and oxygen atoms in total. The van der Waals surface area contributed by atoms with E-state index in [4.69, 9.17) is 0 Å². The van der Waals surface area contributed by atoms with Crippen LogP contribution in [-0.2, 0) is 4.74 Å². The number of carbonyl (C=O) groups excluding carboxylic acids is 1. The number of ether oxygens (including phenoxy) is 1. The average molecular weight is 277 g/mol. The second-order valence-electron chi connectivity index (χ2n) is 3.90. The van der Waals surface area contributed by atoms with Gasteiger partial charge in [-0.15, -0.1) is 11.3 Å². The maximum atomic E-state index is 11.4. The number of rotatable bonds is 5. The minimum atomic E-state index is -0.486. The maximum Gasteiger partial charge on any atom is 0.358 e. The summed E-state index contributed by atoms with van der Waals surface area (Å²) in [6.07, 6.45) is 3.91. The van der Waals surface area contributed by atoms with E-state index in [9.17, 15) is 4.79 Å². The van der Waals surface area contributed by atoms with Gasteiger partial charge in [-0.3, -0.25) is 4.98 Å². The van der Waals surface area contributed by atoms with Crippen LogP contribution in [0.1, 0.15) is 34.8 Å². The van der Waals surface area contributed by atoms with Crippen LogP contribution in [0.3, 0.4) is 0 Å². The number of hydrogen-bond donors (Lipinski definition) is 1. The SMILES string of the molecule is CCC(Nc1cncc(C(=O)OC)n1)c1cccs1. The topological polar surface area (TPSA) is 64.1 Å². The molecule has 2 heterocycles. The van der Waals surface area contributed by atoms with Crippen LogP contribution >= 0.6 is 11.3 Å². The number of anilines is 1. The van der Waals surface area contributed by atoms with Gasteiger partial charge in [0.15, 0.2) is 5.69 Å². The quantitative estimate of drug-likeness (QED) is 0.851. The van der Waals surface area contributed by atoms with Crippen molar-refractivity contribution < 1.29 is 9.53 Å². The Kier molecular flexibility index (Phi) is 4.46. The summed E-state index contributed by atoms with van der Waals surface area (Å²) >= 11 is 1.69. The third-order valence-electron chi connectivity index (χ3n) is 2.65. The molecule has 1 N–H and O–H groups in total. The lowest BCUT2D eigenvalue weighted by atomic mass is 10.2. The van der Waals surface area contributed by atoms with Crippen molar-refractivity contribution in [3.05, 3.63) is 40.5 Å². The van der Waals surface area contributed by atoms with Gasteiger partial charge in [-0.1, -0.05) is 13.0 Å². The molecule has 2 aromatic rings. The molecule has 0 aliphatic heterocycles. The van der Waals surface area contributed by atoms with Crippen molar-refractivity contribution in [2.24, 2.45) is 0 Å². The Morgan fingerprint density at radius 2 is 2.37 bits per heavy atom. The number of nitrogens with one attached hydrogen (secondary N) is 1. The van der Waals surface area contributed by atoms with E-state index in [0.29, 0.717) is 5.82 Å². The van der Waals surface area contributed by atoms with Crippen molar-refractivity contribution >= 4 is 23.1 Å². The zero-order valence-corrected chi connectivity index (χ0v) is 11.6. The van der Waals surface area contributed by atoms with Crippen LogP contribution in [0, 0.1) is 0 Å². The molecule has 0 spiro atoms. The molecule has 1 atom stereocenters. The number of nitrogens with zero attached hydrogens (tertiary/aromatic N) is 2. The number of carbonyl (C=O) groups is 1. The molecule has 0 aromatic carbocycles. The third kappa shape index (κ3) is 3.29. The van der Waals surface area contributed by atoms with Crippen molar-refractivity contribution in [3.8, 4) is 0 Å². The van der Waals surface area contributed by atoms with Gasteiger partial charge in [-0.25, -0.2) is 9.78 Å². The molecule has 0 fully saturated rings. The van der Waals surface area contributed by atoms with E-state index in [1.807, 2.05) is 11.4 Å². The van der Waals surface area contributed by atoms with Crippen LogP contribution in [0.2, 0.25) is 0 Å². The van der Waals surface area contributed by atoms with E-state index in [1.54, 1.807) is 17.5 Å². The second kappa shape index (κ2) is 6.29. The Hall–Kier alpha value is -1.95. The van der Waals surface area contributed by atoms with Crippen LogP contribution in [0.4, 0.5) is 5.82 Å². The number of esters is 1. The summed E-state index contributed by atoms with van der Waals surface area (Å²) < 4.78 is 4.63. The zero-order chi connectivity index (χ0) is 13.7. The standard InChI is InChI=1S/C13H15N3O2S/c1-3-9(11-5-4-6-19-11)15-12-8-14-7-10(16-12)13(17)18-2/h4-9H,3H2,1-2H3,(H,15,16). The summed E-state index contributed by atoms with van der Waals surface area (Å²) in [6.45, 7) is 2.09. The van der Waals surface area contributed by atoms with Crippen molar-refractivity contribution in [2.45, 2.75) is 19.4 Å². The molecule has 100 valence electrons. The minimum Gasteiger partial charge on any atom is -0.464 e. The lowest BCUT2D eigenvalue weighted by Gasteiger charge is -2.16. The smallest absolute Gasteiger partial charge is 0.358 e. The van der Waals surface area contributed by atoms with Gasteiger partial charge in [0.05, 0.1) is 25.5 Å². The van der Waals surface area contributed by atoms with Gasteiger partial charge in [-0.2, -0.15) is 0 Å². The number of thiophene rings is 1. The molecule has 0 bridgehead atoms. The first-order chi connectivity index (χ1) is 9.24. The highest BCUT2D eigenvalue weighted by Crippen LogP contribution is 2.25. The molecule has 0 radical (unpaired) electrons. The van der Waals surface area contributed by atoms with E-state index in [2.05, 4.69) is 33.0 Å². The largest absolute Gasteiger partial charge is 0.464 e. The molecular weight excluding hydrogens is 262 g/mol. The van der Waals surface area contributed by atoms with Gasteiger partial charge in [0.1, 0.15) is 5.82 Å². The van der Waals surface area contributed by atoms with Gasteiger partial charge >= 0.3 is 5.97 Å². The van der Waals surface area contributed by atoms with E-state index in [0.717, 1.165) is 6.42 Å². The molecule has 6 heteroatoms. The fourth-order valence-corrected chi connectivity index (χ4v) is 2.54. The summed E-state index contributed by atoms with van der Waals surface area (Å²) in [7, 11) is 1.32. The molecule has 2 aromatic heterocycles. The first kappa shape index (κ1) is 13.5. The number of aromatic nitrogens is 2. The second-order valence-corrected chi connectivity index (χ2v) is 4.88. The van der Waals surface area contributed by atoms with Crippen LogP contribution in [0.15, 0.2) is 29.9 Å². The van der Waals surface area contributed by atoms with E-state index in [-0.39, 0.29) is 11.7 Å². The lowest BCUT2D eigenvalue weighted by Crippen LogP contribution is -2.12. The van der Waals surface area contributed by atoms with Crippen molar-refractivity contribution in [3.63, 3.8) is 0 Å². The van der Waals surface area contributed by atoms with E-state index >= 15 is 0 Å². The molecule has 0 saturated heterocycles. The van der Waals surface area contributed by atoms with Crippen LogP contribution in [-0.4, -0.2) is 23.0 Å². The summed E-state index contributed by atoms with van der Waals surface area (Å²) in [5, 5.41) is 5.32. The van der Waals surface area contributed by atoms with Crippen LogP contribution < -0.4 is 5.32 Å². The van der Waals surface area contributed by atoms with Crippen molar-refractivity contribution in [1.29, 1.82) is 0 Å². The summed E-state index contributed by atoms with van der Waals surface area (Å²) in [6, 6.07) is 4.26. The molecule has 0 amide bonds. The molecule has 1 unspecified atom stereocenters. The fourth-order valence-electron chi connectivity index (χ4n) is 1.68. The van der Waals surface area contributed by atoms with Gasteiger partial charge in [0, 0.05) is 4.88 Å². The molecule has 2 rings (SSSR count). The first-order valence-corrected chi connectivity index (χ1v) is 6.82. The lowest BCUT2D eigenvalue weighted by molar-refractivity contribution is 0.0593.